The van der Waals surface area contributed by atoms with Gasteiger partial charge in [0.05, 0.1) is 21.7 Å². The van der Waals surface area contributed by atoms with Crippen molar-refractivity contribution in [2.75, 3.05) is 0 Å². The third-order valence-corrected chi connectivity index (χ3v) is 2.19. The van der Waals surface area contributed by atoms with Crippen LogP contribution in [-0.4, -0.2) is 4.92 Å². The van der Waals surface area contributed by atoms with E-state index >= 15 is 0 Å². The molecule has 0 unspecified atom stereocenters. The second-order valence-corrected chi connectivity index (χ2v) is 3.23. The first-order valence-electron chi connectivity index (χ1n) is 3.73. The maximum Gasteiger partial charge on any atom is 0.249 e. The Hall–Kier alpha value is -1.10. The zero-order valence-electron chi connectivity index (χ0n) is 6.99. The zero-order valence-corrected chi connectivity index (χ0v) is 8.58. The monoisotopic (exact) mass is 245 g/mol. The molecule has 1 aromatic heterocycles. The molecule has 0 aliphatic heterocycles. The Morgan fingerprint density at radius 3 is 2.92 bits per heavy atom. The van der Waals surface area contributed by atoms with Crippen LogP contribution in [0, 0.1) is 10.1 Å². The standard InChI is InChI=1S/C8H8BrNO3/c1-2-6(10(11)12)5-8-7(9)3-4-13-8/h3-5H,2H2,1H3/b6-5-. The number of rotatable bonds is 3. The highest BCUT2D eigenvalue weighted by atomic mass is 79.9. The minimum absolute atomic E-state index is 0.135. The van der Waals surface area contributed by atoms with Crippen molar-refractivity contribution in [1.29, 1.82) is 0 Å². The maximum atomic E-state index is 10.4. The quantitative estimate of drug-likeness (QED) is 0.608. The van der Waals surface area contributed by atoms with Crippen LogP contribution in [0.1, 0.15) is 19.1 Å². The number of allylic oxidation sites excluding steroid dienone is 1. The number of nitro groups is 1. The lowest BCUT2D eigenvalue weighted by Crippen LogP contribution is -1.96. The molecule has 0 spiro atoms. The Bertz CT molecular complexity index is 343. The summed E-state index contributed by atoms with van der Waals surface area (Å²) in [7, 11) is 0. The van der Waals surface area contributed by atoms with Crippen LogP contribution in [0.3, 0.4) is 0 Å². The summed E-state index contributed by atoms with van der Waals surface area (Å²) in [6.45, 7) is 1.73. The van der Waals surface area contributed by atoms with E-state index in [9.17, 15) is 10.1 Å². The molecule has 5 heteroatoms. The molecule has 70 valence electrons. The first-order chi connectivity index (χ1) is 6.15. The number of nitrogens with zero attached hydrogens (tertiary/aromatic N) is 1. The predicted molar refractivity (Wildman–Crippen MR) is 51.7 cm³/mol. The summed E-state index contributed by atoms with van der Waals surface area (Å²) in [5.41, 5.74) is 0.135. The highest BCUT2D eigenvalue weighted by Gasteiger charge is 2.10. The molecule has 4 nitrogen and oxygen atoms in total. The number of furan rings is 1. The molecule has 0 radical (unpaired) electrons. The van der Waals surface area contributed by atoms with E-state index in [1.54, 1.807) is 13.0 Å². The summed E-state index contributed by atoms with van der Waals surface area (Å²) >= 11 is 3.21. The second-order valence-electron chi connectivity index (χ2n) is 2.38. The van der Waals surface area contributed by atoms with Crippen LogP contribution in [0.2, 0.25) is 0 Å². The molecular weight excluding hydrogens is 238 g/mol. The van der Waals surface area contributed by atoms with E-state index in [2.05, 4.69) is 15.9 Å². The van der Waals surface area contributed by atoms with E-state index < -0.39 is 4.92 Å². The van der Waals surface area contributed by atoms with Gasteiger partial charge in [-0.15, -0.1) is 0 Å². The van der Waals surface area contributed by atoms with Gasteiger partial charge in [-0.25, -0.2) is 0 Å². The van der Waals surface area contributed by atoms with Crippen LogP contribution >= 0.6 is 15.9 Å². The SMILES string of the molecule is CC/C(=C/c1occc1Br)[N+](=O)[O-]. The van der Waals surface area contributed by atoms with Crippen molar-refractivity contribution in [2.24, 2.45) is 0 Å². The summed E-state index contributed by atoms with van der Waals surface area (Å²) in [6, 6.07) is 1.69. The van der Waals surface area contributed by atoms with Gasteiger partial charge in [0.15, 0.2) is 0 Å². The lowest BCUT2D eigenvalue weighted by atomic mass is 10.3. The fourth-order valence-electron chi connectivity index (χ4n) is 0.844. The Morgan fingerprint density at radius 2 is 2.54 bits per heavy atom. The molecule has 1 heterocycles. The lowest BCUT2D eigenvalue weighted by Gasteiger charge is -1.92. The molecule has 1 aromatic rings. The van der Waals surface area contributed by atoms with Gasteiger partial charge in [0.25, 0.3) is 0 Å². The summed E-state index contributed by atoms with van der Waals surface area (Å²) in [5, 5.41) is 10.4. The van der Waals surface area contributed by atoms with Gasteiger partial charge in [0.2, 0.25) is 5.70 Å². The molecule has 0 N–H and O–H groups in total. The molecule has 0 saturated carbocycles. The Kier molecular flexibility index (Phi) is 3.25. The first-order valence-corrected chi connectivity index (χ1v) is 4.52. The van der Waals surface area contributed by atoms with Crippen molar-refractivity contribution in [3.8, 4) is 0 Å². The molecular formula is C8H8BrNO3. The van der Waals surface area contributed by atoms with Crippen molar-refractivity contribution >= 4 is 22.0 Å². The van der Waals surface area contributed by atoms with Crippen molar-refractivity contribution in [2.45, 2.75) is 13.3 Å². The lowest BCUT2D eigenvalue weighted by molar-refractivity contribution is -0.425. The highest BCUT2D eigenvalue weighted by molar-refractivity contribution is 9.10. The van der Waals surface area contributed by atoms with Crippen LogP contribution in [0.15, 0.2) is 26.9 Å². The van der Waals surface area contributed by atoms with Crippen LogP contribution in [0.5, 0.6) is 0 Å². The van der Waals surface area contributed by atoms with E-state index in [1.165, 1.54) is 12.3 Å². The molecule has 0 amide bonds. The average molecular weight is 246 g/mol. The van der Waals surface area contributed by atoms with Crippen molar-refractivity contribution < 1.29 is 9.34 Å². The summed E-state index contributed by atoms with van der Waals surface area (Å²) in [6.07, 6.45) is 3.27. The van der Waals surface area contributed by atoms with E-state index in [4.69, 9.17) is 4.42 Å². The third kappa shape index (κ3) is 2.42. The van der Waals surface area contributed by atoms with E-state index in [1.807, 2.05) is 0 Å². The fourth-order valence-corrected chi connectivity index (χ4v) is 1.16. The minimum Gasteiger partial charge on any atom is -0.464 e. The largest absolute Gasteiger partial charge is 0.464 e. The molecule has 1 rings (SSSR count). The average Bonchev–Trinajstić information content (AvgIpc) is 2.46. The van der Waals surface area contributed by atoms with Gasteiger partial charge in [0.1, 0.15) is 5.76 Å². The normalized spacial score (nSPS) is 11.7. The van der Waals surface area contributed by atoms with Crippen LogP contribution < -0.4 is 0 Å². The minimum atomic E-state index is -0.408. The van der Waals surface area contributed by atoms with Crippen molar-refractivity contribution in [3.63, 3.8) is 0 Å². The molecule has 0 aromatic carbocycles. The number of hydrogen-bond donors (Lipinski definition) is 0. The van der Waals surface area contributed by atoms with E-state index in [0.29, 0.717) is 12.2 Å². The van der Waals surface area contributed by atoms with Crippen molar-refractivity contribution in [3.05, 3.63) is 38.4 Å². The van der Waals surface area contributed by atoms with Gasteiger partial charge < -0.3 is 4.42 Å². The van der Waals surface area contributed by atoms with E-state index in [-0.39, 0.29) is 5.70 Å². The molecule has 0 aliphatic carbocycles. The third-order valence-electron chi connectivity index (χ3n) is 1.54. The molecule has 0 saturated heterocycles. The number of hydrogen-bond acceptors (Lipinski definition) is 3. The number of halogens is 1. The molecule has 0 bridgehead atoms. The first kappa shape index (κ1) is 9.98. The van der Waals surface area contributed by atoms with Gasteiger partial charge in [-0.3, -0.25) is 10.1 Å². The molecule has 0 atom stereocenters. The Balaban J connectivity index is 2.98. The highest BCUT2D eigenvalue weighted by Crippen LogP contribution is 2.21. The summed E-state index contributed by atoms with van der Waals surface area (Å²) in [4.78, 5) is 10.0. The topological polar surface area (TPSA) is 56.3 Å². The predicted octanol–water partition coefficient (Wildman–Crippen LogP) is 3.07. The summed E-state index contributed by atoms with van der Waals surface area (Å²) in [5.74, 6) is 0.480. The van der Waals surface area contributed by atoms with Crippen LogP contribution in [0.4, 0.5) is 0 Å². The fraction of sp³-hybridized carbons (Fsp3) is 0.250. The van der Waals surface area contributed by atoms with Crippen molar-refractivity contribution in [1.82, 2.24) is 0 Å². The maximum absolute atomic E-state index is 10.4. The smallest absolute Gasteiger partial charge is 0.249 e. The molecule has 13 heavy (non-hydrogen) atoms. The Morgan fingerprint density at radius 1 is 1.85 bits per heavy atom. The van der Waals surface area contributed by atoms with Gasteiger partial charge in [-0.05, 0) is 22.0 Å². The summed E-state index contributed by atoms with van der Waals surface area (Å²) < 4.78 is 5.74. The van der Waals surface area contributed by atoms with Gasteiger partial charge in [-0.2, -0.15) is 0 Å². The second kappa shape index (κ2) is 4.23. The molecule has 0 fully saturated rings. The van der Waals surface area contributed by atoms with Gasteiger partial charge in [-0.1, -0.05) is 6.92 Å². The van der Waals surface area contributed by atoms with Gasteiger partial charge in [0, 0.05) is 6.42 Å². The van der Waals surface area contributed by atoms with Crippen LogP contribution in [-0.2, 0) is 0 Å². The zero-order chi connectivity index (χ0) is 9.84. The Labute approximate surface area is 83.5 Å². The van der Waals surface area contributed by atoms with Crippen LogP contribution in [0.25, 0.3) is 6.08 Å². The molecule has 0 aliphatic rings. The van der Waals surface area contributed by atoms with E-state index in [0.717, 1.165) is 4.47 Å². The van der Waals surface area contributed by atoms with Gasteiger partial charge >= 0.3 is 0 Å².